The minimum Gasteiger partial charge on any atom is -0.342 e. The van der Waals surface area contributed by atoms with E-state index in [2.05, 4.69) is 19.7 Å². The van der Waals surface area contributed by atoms with E-state index in [0.717, 1.165) is 12.8 Å². The van der Waals surface area contributed by atoms with Crippen LogP contribution in [0, 0.1) is 12.8 Å². The SMILES string of the molecule is Cc1nonc1CC(=O)N1CCC[C@H](CNS(=O)(=O)c2cccs2)C1. The first-order chi connectivity index (χ1) is 12.0. The van der Waals surface area contributed by atoms with Gasteiger partial charge in [-0.2, -0.15) is 0 Å². The number of likely N-dealkylation sites (tertiary alicyclic amines) is 1. The van der Waals surface area contributed by atoms with Crippen LogP contribution in [-0.2, 0) is 21.2 Å². The molecule has 10 heteroatoms. The molecular weight excluding hydrogens is 364 g/mol. The molecular formula is C15H20N4O4S2. The molecule has 1 N–H and O–H groups in total. The Balaban J connectivity index is 1.54. The number of nitrogens with zero attached hydrogens (tertiary/aromatic N) is 3. The van der Waals surface area contributed by atoms with Crippen molar-refractivity contribution in [2.24, 2.45) is 5.92 Å². The molecule has 1 fully saturated rings. The van der Waals surface area contributed by atoms with E-state index in [4.69, 9.17) is 0 Å². The lowest BCUT2D eigenvalue weighted by atomic mass is 9.98. The van der Waals surface area contributed by atoms with Gasteiger partial charge in [0, 0.05) is 19.6 Å². The highest BCUT2D eigenvalue weighted by atomic mass is 32.2. The summed E-state index contributed by atoms with van der Waals surface area (Å²) in [6.07, 6.45) is 1.90. The number of thiophene rings is 1. The zero-order chi connectivity index (χ0) is 17.9. The molecule has 0 unspecified atom stereocenters. The maximum atomic E-state index is 12.4. The topological polar surface area (TPSA) is 105 Å². The number of aryl methyl sites for hydroxylation is 1. The summed E-state index contributed by atoms with van der Waals surface area (Å²) in [6, 6.07) is 3.29. The van der Waals surface area contributed by atoms with Gasteiger partial charge in [-0.3, -0.25) is 4.79 Å². The van der Waals surface area contributed by atoms with Crippen LogP contribution in [0.4, 0.5) is 0 Å². The van der Waals surface area contributed by atoms with Crippen LogP contribution in [0.2, 0.25) is 0 Å². The molecule has 2 aromatic heterocycles. The van der Waals surface area contributed by atoms with Crippen LogP contribution < -0.4 is 4.72 Å². The van der Waals surface area contributed by atoms with Crippen molar-refractivity contribution in [2.45, 2.75) is 30.4 Å². The van der Waals surface area contributed by atoms with Gasteiger partial charge in [0.05, 0.1) is 6.42 Å². The first-order valence-electron chi connectivity index (χ1n) is 8.04. The zero-order valence-electron chi connectivity index (χ0n) is 13.8. The first kappa shape index (κ1) is 18.0. The Hall–Kier alpha value is -1.78. The summed E-state index contributed by atoms with van der Waals surface area (Å²) in [7, 11) is -3.47. The Kier molecular flexibility index (Phi) is 5.50. The van der Waals surface area contributed by atoms with Crippen molar-refractivity contribution in [2.75, 3.05) is 19.6 Å². The zero-order valence-corrected chi connectivity index (χ0v) is 15.5. The van der Waals surface area contributed by atoms with Gasteiger partial charge in [0.1, 0.15) is 15.6 Å². The van der Waals surface area contributed by atoms with Crippen LogP contribution in [0.3, 0.4) is 0 Å². The molecule has 0 radical (unpaired) electrons. The molecule has 0 aromatic carbocycles. The summed E-state index contributed by atoms with van der Waals surface area (Å²) in [5.41, 5.74) is 1.16. The molecule has 1 atom stereocenters. The van der Waals surface area contributed by atoms with Gasteiger partial charge >= 0.3 is 0 Å². The van der Waals surface area contributed by atoms with Crippen molar-refractivity contribution < 1.29 is 17.8 Å². The van der Waals surface area contributed by atoms with E-state index in [0.29, 0.717) is 35.2 Å². The molecule has 25 heavy (non-hydrogen) atoms. The molecule has 3 heterocycles. The third kappa shape index (κ3) is 4.44. The molecule has 136 valence electrons. The van der Waals surface area contributed by atoms with Gasteiger partial charge in [-0.25, -0.2) is 17.8 Å². The van der Waals surface area contributed by atoms with Crippen molar-refractivity contribution in [1.29, 1.82) is 0 Å². The van der Waals surface area contributed by atoms with Crippen LogP contribution >= 0.6 is 11.3 Å². The molecule has 1 aliphatic rings. The van der Waals surface area contributed by atoms with Crippen LogP contribution in [0.25, 0.3) is 0 Å². The maximum Gasteiger partial charge on any atom is 0.250 e. The number of aromatic nitrogens is 2. The van der Waals surface area contributed by atoms with E-state index in [-0.39, 0.29) is 18.2 Å². The fourth-order valence-corrected chi connectivity index (χ4v) is 4.99. The fraction of sp³-hybridized carbons (Fsp3) is 0.533. The van der Waals surface area contributed by atoms with Crippen molar-refractivity contribution in [3.8, 4) is 0 Å². The smallest absolute Gasteiger partial charge is 0.250 e. The summed E-state index contributed by atoms with van der Waals surface area (Å²) < 4.78 is 32.0. The molecule has 1 amide bonds. The normalized spacial score (nSPS) is 18.4. The maximum absolute atomic E-state index is 12.4. The Morgan fingerprint density at radius 1 is 1.48 bits per heavy atom. The van der Waals surface area contributed by atoms with Crippen molar-refractivity contribution in [1.82, 2.24) is 19.9 Å². The second-order valence-electron chi connectivity index (χ2n) is 6.11. The number of carbonyl (C=O) groups excluding carboxylic acids is 1. The van der Waals surface area contributed by atoms with E-state index >= 15 is 0 Å². The van der Waals surface area contributed by atoms with Gasteiger partial charge in [-0.15, -0.1) is 11.3 Å². The predicted molar refractivity (Wildman–Crippen MR) is 91.6 cm³/mol. The number of amides is 1. The molecule has 3 rings (SSSR count). The lowest BCUT2D eigenvalue weighted by Crippen LogP contribution is -2.44. The van der Waals surface area contributed by atoms with Gasteiger partial charge in [-0.05, 0) is 37.1 Å². The van der Waals surface area contributed by atoms with Crippen LogP contribution in [0.1, 0.15) is 24.2 Å². The molecule has 0 bridgehead atoms. The van der Waals surface area contributed by atoms with E-state index in [9.17, 15) is 13.2 Å². The number of nitrogens with one attached hydrogen (secondary N) is 1. The number of piperidine rings is 1. The third-order valence-electron chi connectivity index (χ3n) is 4.26. The minimum atomic E-state index is -3.47. The Bertz CT molecular complexity index is 816. The standard InChI is InChI=1S/C15H20N4O4S2/c1-11-13(18-23-17-11)8-14(20)19-6-2-4-12(10-19)9-16-25(21,22)15-5-3-7-24-15/h3,5,7,12,16H,2,4,6,8-10H2,1H3/t12-/m1/s1. The Morgan fingerprint density at radius 2 is 2.32 bits per heavy atom. The minimum absolute atomic E-state index is 0.0374. The van der Waals surface area contributed by atoms with E-state index in [1.54, 1.807) is 29.3 Å². The second kappa shape index (κ2) is 7.63. The van der Waals surface area contributed by atoms with E-state index < -0.39 is 10.0 Å². The summed E-state index contributed by atoms with van der Waals surface area (Å²) >= 11 is 1.19. The van der Waals surface area contributed by atoms with E-state index in [1.807, 2.05) is 0 Å². The molecule has 2 aromatic rings. The van der Waals surface area contributed by atoms with Crippen LogP contribution in [-0.4, -0.2) is 49.2 Å². The third-order valence-corrected chi connectivity index (χ3v) is 7.08. The Labute approximate surface area is 150 Å². The van der Waals surface area contributed by atoms with Crippen LogP contribution in [0.5, 0.6) is 0 Å². The fourth-order valence-electron chi connectivity index (χ4n) is 2.84. The second-order valence-corrected chi connectivity index (χ2v) is 9.05. The van der Waals surface area contributed by atoms with E-state index in [1.165, 1.54) is 11.3 Å². The molecule has 1 saturated heterocycles. The molecule has 0 saturated carbocycles. The average Bonchev–Trinajstić information content (AvgIpc) is 3.26. The van der Waals surface area contributed by atoms with Crippen molar-refractivity contribution >= 4 is 27.3 Å². The average molecular weight is 384 g/mol. The number of rotatable bonds is 6. The van der Waals surface area contributed by atoms with Gasteiger partial charge in [0.15, 0.2) is 0 Å². The van der Waals surface area contributed by atoms with Gasteiger partial charge in [0.2, 0.25) is 15.9 Å². The number of sulfonamides is 1. The molecule has 8 nitrogen and oxygen atoms in total. The predicted octanol–water partition coefficient (Wildman–Crippen LogP) is 1.20. The highest BCUT2D eigenvalue weighted by molar-refractivity contribution is 7.91. The van der Waals surface area contributed by atoms with Crippen LogP contribution in [0.15, 0.2) is 26.4 Å². The number of carbonyl (C=O) groups is 1. The van der Waals surface area contributed by atoms with Gasteiger partial charge in [-0.1, -0.05) is 16.4 Å². The molecule has 0 spiro atoms. The van der Waals surface area contributed by atoms with Crippen molar-refractivity contribution in [3.63, 3.8) is 0 Å². The number of hydrogen-bond acceptors (Lipinski definition) is 7. The summed E-state index contributed by atoms with van der Waals surface area (Å²) in [5.74, 6) is 0.0635. The monoisotopic (exact) mass is 384 g/mol. The van der Waals surface area contributed by atoms with Gasteiger partial charge < -0.3 is 4.90 Å². The first-order valence-corrected chi connectivity index (χ1v) is 10.4. The molecule has 1 aliphatic heterocycles. The quantitative estimate of drug-likeness (QED) is 0.802. The summed E-state index contributed by atoms with van der Waals surface area (Å²) in [5, 5.41) is 9.15. The van der Waals surface area contributed by atoms with Gasteiger partial charge in [0.25, 0.3) is 0 Å². The Morgan fingerprint density at radius 3 is 3.00 bits per heavy atom. The molecule has 0 aliphatic carbocycles. The lowest BCUT2D eigenvalue weighted by Gasteiger charge is -2.32. The largest absolute Gasteiger partial charge is 0.342 e. The highest BCUT2D eigenvalue weighted by Gasteiger charge is 2.26. The summed E-state index contributed by atoms with van der Waals surface area (Å²) in [4.78, 5) is 14.2. The summed E-state index contributed by atoms with van der Waals surface area (Å²) in [6.45, 7) is 3.29. The lowest BCUT2D eigenvalue weighted by molar-refractivity contribution is -0.132. The van der Waals surface area contributed by atoms with Crippen molar-refractivity contribution in [3.05, 3.63) is 28.9 Å². The number of hydrogen-bond donors (Lipinski definition) is 1. The highest BCUT2D eigenvalue weighted by Crippen LogP contribution is 2.19.